The maximum Gasteiger partial charge on any atom is 0.317 e. The summed E-state index contributed by atoms with van der Waals surface area (Å²) in [4.78, 5) is 16.7. The second-order valence-corrected chi connectivity index (χ2v) is 6.38. The number of hydrogen-bond donors (Lipinski definition) is 1. The number of benzene rings is 1. The summed E-state index contributed by atoms with van der Waals surface area (Å²) in [5.41, 5.74) is 2.44. The van der Waals surface area contributed by atoms with Crippen molar-refractivity contribution in [1.29, 1.82) is 0 Å². The topological polar surface area (TPSA) is 44.8 Å². The Hall–Kier alpha value is -1.59. The van der Waals surface area contributed by atoms with Crippen LogP contribution in [0.5, 0.6) is 0 Å². The maximum absolute atomic E-state index is 12.4. The van der Waals surface area contributed by atoms with Gasteiger partial charge >= 0.3 is 6.03 Å². The average molecular weight is 333 g/mol. The van der Waals surface area contributed by atoms with Crippen LogP contribution >= 0.6 is 0 Å². The van der Waals surface area contributed by atoms with Gasteiger partial charge in [-0.25, -0.2) is 4.79 Å². The molecule has 1 N–H and O–H groups in total. The fourth-order valence-electron chi connectivity index (χ4n) is 3.02. The lowest BCUT2D eigenvalue weighted by molar-refractivity contribution is 0.142. The average Bonchev–Trinajstić information content (AvgIpc) is 2.82. The zero-order chi connectivity index (χ0) is 17.4. The first-order valence-corrected chi connectivity index (χ1v) is 9.06. The van der Waals surface area contributed by atoms with Gasteiger partial charge in [-0.15, -0.1) is 0 Å². The van der Waals surface area contributed by atoms with Gasteiger partial charge in [0.1, 0.15) is 0 Å². The highest BCUT2D eigenvalue weighted by atomic mass is 16.5. The molecule has 0 unspecified atom stereocenters. The van der Waals surface area contributed by atoms with Gasteiger partial charge < -0.3 is 15.0 Å². The van der Waals surface area contributed by atoms with Crippen LogP contribution in [-0.4, -0.2) is 54.7 Å². The minimum absolute atomic E-state index is 0.00199. The van der Waals surface area contributed by atoms with Crippen LogP contribution in [0, 0.1) is 0 Å². The molecule has 24 heavy (non-hydrogen) atoms. The van der Waals surface area contributed by atoms with Crippen molar-refractivity contribution in [2.45, 2.75) is 46.3 Å². The molecule has 1 aromatic rings. The lowest BCUT2D eigenvalue weighted by atomic mass is 10.1. The van der Waals surface area contributed by atoms with Gasteiger partial charge in [-0.3, -0.25) is 4.90 Å². The Kier molecular flexibility index (Phi) is 7.53. The van der Waals surface area contributed by atoms with Gasteiger partial charge in [0, 0.05) is 32.3 Å². The largest absolute Gasteiger partial charge is 0.380 e. The van der Waals surface area contributed by atoms with Crippen molar-refractivity contribution in [3.63, 3.8) is 0 Å². The Morgan fingerprint density at radius 3 is 2.79 bits per heavy atom. The quantitative estimate of drug-likeness (QED) is 0.871. The van der Waals surface area contributed by atoms with E-state index in [0.717, 1.165) is 38.2 Å². The minimum atomic E-state index is 0.00199. The molecule has 1 heterocycles. The van der Waals surface area contributed by atoms with Gasteiger partial charge in [0.2, 0.25) is 0 Å². The van der Waals surface area contributed by atoms with E-state index in [2.05, 4.69) is 55.3 Å². The molecular formula is C19H31N3O2. The Morgan fingerprint density at radius 2 is 2.04 bits per heavy atom. The highest BCUT2D eigenvalue weighted by molar-refractivity contribution is 5.74. The van der Waals surface area contributed by atoms with E-state index in [0.29, 0.717) is 19.7 Å². The molecule has 134 valence electrons. The Morgan fingerprint density at radius 1 is 1.29 bits per heavy atom. The molecule has 1 atom stereocenters. The third kappa shape index (κ3) is 5.49. The van der Waals surface area contributed by atoms with Gasteiger partial charge in [0.25, 0.3) is 0 Å². The van der Waals surface area contributed by atoms with E-state index >= 15 is 0 Å². The normalized spacial score (nSPS) is 18.5. The molecule has 1 aromatic carbocycles. The molecule has 1 saturated heterocycles. The predicted molar refractivity (Wildman–Crippen MR) is 96.9 cm³/mol. The van der Waals surface area contributed by atoms with Crippen molar-refractivity contribution in [3.8, 4) is 0 Å². The number of hydrogen-bond acceptors (Lipinski definition) is 3. The standard InChI is InChI=1S/C19H31N3O2/c1-4-21(5-2)15-18-8-6-7-17(13-18)14-20-19(23)22-10-12-24-11-9-16(22)3/h6-8,13,16H,4-5,9-12,14-15H2,1-3H3,(H,20,23)/t16-/m1/s1. The van der Waals surface area contributed by atoms with Gasteiger partial charge in [0.15, 0.2) is 0 Å². The molecule has 1 fully saturated rings. The van der Waals surface area contributed by atoms with Crippen LogP contribution in [0.15, 0.2) is 24.3 Å². The number of carbonyl (C=O) groups excluding carboxylic acids is 1. The summed E-state index contributed by atoms with van der Waals surface area (Å²) >= 11 is 0. The summed E-state index contributed by atoms with van der Waals surface area (Å²) in [5.74, 6) is 0. The van der Waals surface area contributed by atoms with Crippen LogP contribution in [0.25, 0.3) is 0 Å². The molecule has 5 nitrogen and oxygen atoms in total. The van der Waals surface area contributed by atoms with E-state index in [1.54, 1.807) is 0 Å². The third-order valence-corrected chi connectivity index (χ3v) is 4.69. The van der Waals surface area contributed by atoms with E-state index in [1.165, 1.54) is 5.56 Å². The minimum Gasteiger partial charge on any atom is -0.380 e. The van der Waals surface area contributed by atoms with Crippen molar-refractivity contribution in [3.05, 3.63) is 35.4 Å². The summed E-state index contributed by atoms with van der Waals surface area (Å²) in [6.07, 6.45) is 0.896. The maximum atomic E-state index is 12.4. The van der Waals surface area contributed by atoms with Crippen LogP contribution in [0.3, 0.4) is 0 Å². The van der Waals surface area contributed by atoms with Crippen molar-refractivity contribution in [2.24, 2.45) is 0 Å². The number of rotatable bonds is 6. The zero-order valence-electron chi connectivity index (χ0n) is 15.3. The molecule has 0 aromatic heterocycles. The monoisotopic (exact) mass is 333 g/mol. The first-order valence-electron chi connectivity index (χ1n) is 9.06. The summed E-state index contributed by atoms with van der Waals surface area (Å²) < 4.78 is 5.46. The van der Waals surface area contributed by atoms with Crippen molar-refractivity contribution in [2.75, 3.05) is 32.8 Å². The number of carbonyl (C=O) groups is 1. The van der Waals surface area contributed by atoms with E-state index < -0.39 is 0 Å². The number of amides is 2. The van der Waals surface area contributed by atoms with Crippen molar-refractivity contribution in [1.82, 2.24) is 15.1 Å². The summed E-state index contributed by atoms with van der Waals surface area (Å²) in [6, 6.07) is 8.71. The Balaban J connectivity index is 1.90. The molecule has 0 spiro atoms. The molecule has 1 aliphatic rings. The number of urea groups is 1. The Labute approximate surface area is 146 Å². The van der Waals surface area contributed by atoms with Gasteiger partial charge in [-0.05, 0) is 37.6 Å². The summed E-state index contributed by atoms with van der Waals surface area (Å²) in [5, 5.41) is 3.05. The molecule has 0 radical (unpaired) electrons. The first kappa shape index (κ1) is 18.7. The molecule has 1 aliphatic heterocycles. The van der Waals surface area contributed by atoms with Crippen LogP contribution in [0.4, 0.5) is 4.79 Å². The number of nitrogens with one attached hydrogen (secondary N) is 1. The molecule has 0 bridgehead atoms. The molecule has 0 aliphatic carbocycles. The van der Waals surface area contributed by atoms with Crippen molar-refractivity contribution >= 4 is 6.03 Å². The Bertz CT molecular complexity index is 517. The molecule has 2 amide bonds. The highest BCUT2D eigenvalue weighted by Gasteiger charge is 2.21. The summed E-state index contributed by atoms with van der Waals surface area (Å²) in [7, 11) is 0. The van der Waals surface area contributed by atoms with Crippen LogP contribution < -0.4 is 5.32 Å². The highest BCUT2D eigenvalue weighted by Crippen LogP contribution is 2.11. The second-order valence-electron chi connectivity index (χ2n) is 6.38. The van der Waals surface area contributed by atoms with Gasteiger partial charge in [-0.2, -0.15) is 0 Å². The van der Waals surface area contributed by atoms with Crippen LogP contribution in [0.1, 0.15) is 38.3 Å². The van der Waals surface area contributed by atoms with Gasteiger partial charge in [0.05, 0.1) is 6.61 Å². The fourth-order valence-corrected chi connectivity index (χ4v) is 3.02. The zero-order valence-corrected chi connectivity index (χ0v) is 15.3. The lowest BCUT2D eigenvalue weighted by Crippen LogP contribution is -2.45. The summed E-state index contributed by atoms with van der Waals surface area (Å²) in [6.45, 7) is 12.1. The van der Waals surface area contributed by atoms with E-state index in [9.17, 15) is 4.79 Å². The van der Waals surface area contributed by atoms with E-state index in [4.69, 9.17) is 4.74 Å². The van der Waals surface area contributed by atoms with Gasteiger partial charge in [-0.1, -0.05) is 38.1 Å². The number of ether oxygens (including phenoxy) is 1. The molecule has 5 heteroatoms. The SMILES string of the molecule is CCN(CC)Cc1cccc(CNC(=O)N2CCOCC[C@H]2C)c1. The third-order valence-electron chi connectivity index (χ3n) is 4.69. The predicted octanol–water partition coefficient (Wildman–Crippen LogP) is 2.85. The molecule has 0 saturated carbocycles. The van der Waals surface area contributed by atoms with Crippen molar-refractivity contribution < 1.29 is 9.53 Å². The van der Waals surface area contributed by atoms with Crippen LogP contribution in [-0.2, 0) is 17.8 Å². The smallest absolute Gasteiger partial charge is 0.317 e. The number of nitrogens with zero attached hydrogens (tertiary/aromatic N) is 2. The van der Waals surface area contributed by atoms with E-state index in [-0.39, 0.29) is 12.1 Å². The van der Waals surface area contributed by atoms with E-state index in [1.807, 2.05) is 4.90 Å². The van der Waals surface area contributed by atoms with Crippen LogP contribution in [0.2, 0.25) is 0 Å². The second kappa shape index (κ2) is 9.64. The lowest BCUT2D eigenvalue weighted by Gasteiger charge is -2.26. The fraction of sp³-hybridized carbons (Fsp3) is 0.632. The first-order chi connectivity index (χ1) is 11.6. The molecular weight excluding hydrogens is 302 g/mol. The molecule has 2 rings (SSSR count).